The van der Waals surface area contributed by atoms with Crippen LogP contribution in [0.3, 0.4) is 0 Å². The highest BCUT2D eigenvalue weighted by atomic mass is 16.5. The smallest absolute Gasteiger partial charge is 0.220 e. The fraction of sp³-hybridized carbons (Fsp3) is 0.650. The van der Waals surface area contributed by atoms with Gasteiger partial charge in [-0.2, -0.15) is 0 Å². The van der Waals surface area contributed by atoms with Gasteiger partial charge in [-0.25, -0.2) is 0 Å². The summed E-state index contributed by atoms with van der Waals surface area (Å²) < 4.78 is 5.73. The van der Waals surface area contributed by atoms with Crippen molar-refractivity contribution >= 4 is 5.91 Å². The summed E-state index contributed by atoms with van der Waals surface area (Å²) in [6, 6.07) is 8.24. The minimum atomic E-state index is 0.132. The molecular formula is C20H32N2O2. The number of amides is 1. The number of piperidine rings is 1. The van der Waals surface area contributed by atoms with Gasteiger partial charge in [-0.05, 0) is 61.4 Å². The van der Waals surface area contributed by atoms with Crippen LogP contribution in [-0.2, 0) is 10.2 Å². The molecule has 0 radical (unpaired) electrons. The molecule has 0 spiro atoms. The Balaban J connectivity index is 1.59. The van der Waals surface area contributed by atoms with Crippen LogP contribution in [0.25, 0.3) is 0 Å². The molecule has 0 aliphatic carbocycles. The van der Waals surface area contributed by atoms with Gasteiger partial charge in [-0.1, -0.05) is 32.9 Å². The normalized spacial score (nSPS) is 18.2. The van der Waals surface area contributed by atoms with Crippen LogP contribution in [-0.4, -0.2) is 32.1 Å². The van der Waals surface area contributed by atoms with E-state index in [1.165, 1.54) is 18.4 Å². The molecule has 0 aromatic heterocycles. The Labute approximate surface area is 146 Å². The van der Waals surface area contributed by atoms with Crippen LogP contribution in [0.2, 0.25) is 0 Å². The number of ether oxygens (including phenoxy) is 1. The van der Waals surface area contributed by atoms with E-state index < -0.39 is 0 Å². The zero-order valence-corrected chi connectivity index (χ0v) is 15.4. The number of hydrogen-bond acceptors (Lipinski definition) is 3. The lowest BCUT2D eigenvalue weighted by atomic mass is 9.87. The SMILES string of the molecule is CC(C)(C)c1ccc(OCCCC(=O)NCC2CCCNC2)cc1. The largest absolute Gasteiger partial charge is 0.494 e. The third kappa shape index (κ3) is 6.52. The summed E-state index contributed by atoms with van der Waals surface area (Å²) in [5.41, 5.74) is 1.45. The summed E-state index contributed by atoms with van der Waals surface area (Å²) in [7, 11) is 0. The number of carbonyl (C=O) groups is 1. The van der Waals surface area contributed by atoms with Crippen molar-refractivity contribution in [3.63, 3.8) is 0 Å². The molecule has 4 heteroatoms. The van der Waals surface area contributed by atoms with Gasteiger partial charge in [0.1, 0.15) is 5.75 Å². The first kappa shape index (κ1) is 18.8. The molecule has 1 aromatic rings. The van der Waals surface area contributed by atoms with Crippen LogP contribution < -0.4 is 15.4 Å². The Morgan fingerprint density at radius 2 is 2.04 bits per heavy atom. The molecule has 1 unspecified atom stereocenters. The fourth-order valence-electron chi connectivity index (χ4n) is 2.92. The van der Waals surface area contributed by atoms with E-state index in [0.29, 0.717) is 18.9 Å². The lowest BCUT2D eigenvalue weighted by Gasteiger charge is -2.22. The van der Waals surface area contributed by atoms with Crippen LogP contribution in [0, 0.1) is 5.92 Å². The second-order valence-electron chi connectivity index (χ2n) is 7.74. The minimum Gasteiger partial charge on any atom is -0.494 e. The Morgan fingerprint density at radius 1 is 1.29 bits per heavy atom. The van der Waals surface area contributed by atoms with Crippen LogP contribution in [0.5, 0.6) is 5.75 Å². The molecule has 1 aromatic carbocycles. The van der Waals surface area contributed by atoms with Gasteiger partial charge in [0.2, 0.25) is 5.91 Å². The van der Waals surface area contributed by atoms with Crippen molar-refractivity contribution in [3.8, 4) is 5.75 Å². The van der Waals surface area contributed by atoms with E-state index in [2.05, 4.69) is 43.5 Å². The van der Waals surface area contributed by atoms with E-state index in [1.807, 2.05) is 12.1 Å². The summed E-state index contributed by atoms with van der Waals surface area (Å²) in [6.45, 7) is 10.1. The molecule has 1 aliphatic rings. The molecule has 1 aliphatic heterocycles. The van der Waals surface area contributed by atoms with Crippen LogP contribution in [0.15, 0.2) is 24.3 Å². The second-order valence-corrected chi connectivity index (χ2v) is 7.74. The maximum absolute atomic E-state index is 11.9. The second kappa shape index (κ2) is 9.07. The lowest BCUT2D eigenvalue weighted by Crippen LogP contribution is -2.38. The maximum Gasteiger partial charge on any atom is 0.220 e. The number of nitrogens with one attached hydrogen (secondary N) is 2. The van der Waals surface area contributed by atoms with Crippen LogP contribution in [0.1, 0.15) is 52.0 Å². The molecule has 0 bridgehead atoms. The van der Waals surface area contributed by atoms with E-state index in [-0.39, 0.29) is 11.3 Å². The van der Waals surface area contributed by atoms with Gasteiger partial charge in [-0.3, -0.25) is 4.79 Å². The average molecular weight is 332 g/mol. The molecule has 1 amide bonds. The van der Waals surface area contributed by atoms with Gasteiger partial charge in [0.05, 0.1) is 6.61 Å². The molecule has 2 rings (SSSR count). The fourth-order valence-corrected chi connectivity index (χ4v) is 2.92. The molecule has 134 valence electrons. The molecular weight excluding hydrogens is 300 g/mol. The molecule has 24 heavy (non-hydrogen) atoms. The van der Waals surface area contributed by atoms with Crippen LogP contribution in [0.4, 0.5) is 0 Å². The van der Waals surface area contributed by atoms with Crippen molar-refractivity contribution < 1.29 is 9.53 Å². The molecule has 1 fully saturated rings. The summed E-state index contributed by atoms with van der Waals surface area (Å²) in [5.74, 6) is 1.59. The average Bonchev–Trinajstić information content (AvgIpc) is 2.57. The highest BCUT2D eigenvalue weighted by Crippen LogP contribution is 2.24. The Morgan fingerprint density at radius 3 is 2.67 bits per heavy atom. The number of carbonyl (C=O) groups excluding carboxylic acids is 1. The molecule has 0 saturated carbocycles. The van der Waals surface area contributed by atoms with Crippen molar-refractivity contribution in [3.05, 3.63) is 29.8 Å². The third-order valence-corrected chi connectivity index (χ3v) is 4.52. The van der Waals surface area contributed by atoms with Crippen molar-refractivity contribution in [2.75, 3.05) is 26.2 Å². The number of rotatable bonds is 7. The molecule has 1 atom stereocenters. The van der Waals surface area contributed by atoms with Crippen molar-refractivity contribution in [2.45, 2.75) is 51.9 Å². The van der Waals surface area contributed by atoms with E-state index in [0.717, 1.165) is 31.8 Å². The summed E-state index contributed by atoms with van der Waals surface area (Å²) in [6.07, 6.45) is 3.69. The zero-order valence-electron chi connectivity index (χ0n) is 15.4. The van der Waals surface area contributed by atoms with Gasteiger partial charge < -0.3 is 15.4 Å². The number of benzene rings is 1. The van der Waals surface area contributed by atoms with Gasteiger partial charge in [-0.15, -0.1) is 0 Å². The maximum atomic E-state index is 11.9. The Hall–Kier alpha value is -1.55. The van der Waals surface area contributed by atoms with Gasteiger partial charge >= 0.3 is 0 Å². The minimum absolute atomic E-state index is 0.132. The van der Waals surface area contributed by atoms with E-state index in [9.17, 15) is 4.79 Å². The van der Waals surface area contributed by atoms with E-state index in [4.69, 9.17) is 4.74 Å². The topological polar surface area (TPSA) is 50.4 Å². The highest BCUT2D eigenvalue weighted by molar-refractivity contribution is 5.75. The summed E-state index contributed by atoms with van der Waals surface area (Å²) in [5, 5.41) is 6.41. The van der Waals surface area contributed by atoms with Crippen molar-refractivity contribution in [1.29, 1.82) is 0 Å². The predicted molar refractivity (Wildman–Crippen MR) is 98.5 cm³/mol. The zero-order chi connectivity index (χ0) is 17.4. The van der Waals surface area contributed by atoms with E-state index in [1.54, 1.807) is 0 Å². The first-order valence-electron chi connectivity index (χ1n) is 9.16. The predicted octanol–water partition coefficient (Wildman–Crippen LogP) is 3.26. The van der Waals surface area contributed by atoms with Gasteiger partial charge in [0, 0.05) is 13.0 Å². The molecule has 1 heterocycles. The summed E-state index contributed by atoms with van der Waals surface area (Å²) in [4.78, 5) is 11.9. The Kier molecular flexibility index (Phi) is 7.10. The van der Waals surface area contributed by atoms with Crippen molar-refractivity contribution in [1.82, 2.24) is 10.6 Å². The van der Waals surface area contributed by atoms with Crippen LogP contribution >= 0.6 is 0 Å². The highest BCUT2D eigenvalue weighted by Gasteiger charge is 2.14. The van der Waals surface area contributed by atoms with Gasteiger partial charge in [0.25, 0.3) is 0 Å². The van der Waals surface area contributed by atoms with Gasteiger partial charge in [0.15, 0.2) is 0 Å². The van der Waals surface area contributed by atoms with E-state index >= 15 is 0 Å². The van der Waals surface area contributed by atoms with Crippen molar-refractivity contribution in [2.24, 2.45) is 5.92 Å². The standard InChI is InChI=1S/C20H32N2O2/c1-20(2,3)17-8-10-18(11-9-17)24-13-5-7-19(23)22-15-16-6-4-12-21-14-16/h8-11,16,21H,4-7,12-15H2,1-3H3,(H,22,23). The number of hydrogen-bond donors (Lipinski definition) is 2. The quantitative estimate of drug-likeness (QED) is 0.754. The molecule has 2 N–H and O–H groups in total. The third-order valence-electron chi connectivity index (χ3n) is 4.52. The molecule has 1 saturated heterocycles. The monoisotopic (exact) mass is 332 g/mol. The molecule has 4 nitrogen and oxygen atoms in total. The Bertz CT molecular complexity index is 499. The first-order chi connectivity index (χ1) is 11.4. The summed E-state index contributed by atoms with van der Waals surface area (Å²) >= 11 is 0. The lowest BCUT2D eigenvalue weighted by molar-refractivity contribution is -0.121. The first-order valence-corrected chi connectivity index (χ1v) is 9.16.